The van der Waals surface area contributed by atoms with Gasteiger partial charge in [0.25, 0.3) is 0 Å². The third-order valence-electron chi connectivity index (χ3n) is 3.08. The van der Waals surface area contributed by atoms with Gasteiger partial charge in [-0.05, 0) is 25.5 Å². The minimum atomic E-state index is -0.302. The number of para-hydroxylation sites is 2. The van der Waals surface area contributed by atoms with Gasteiger partial charge in [0, 0.05) is 13.1 Å². The summed E-state index contributed by atoms with van der Waals surface area (Å²) in [5, 5.41) is 12.3. The maximum atomic E-state index is 11.9. The van der Waals surface area contributed by atoms with Crippen LogP contribution < -0.4 is 10.1 Å². The van der Waals surface area contributed by atoms with Crippen molar-refractivity contribution in [2.24, 2.45) is 0 Å². The van der Waals surface area contributed by atoms with Gasteiger partial charge < -0.3 is 15.2 Å². The van der Waals surface area contributed by atoms with Crippen LogP contribution in [0.25, 0.3) is 0 Å². The first-order chi connectivity index (χ1) is 9.19. The smallest absolute Gasteiger partial charge is 0.238 e. The molecule has 0 radical (unpaired) electrons. The Bertz CT molecular complexity index is 436. The van der Waals surface area contributed by atoms with E-state index >= 15 is 0 Å². The quantitative estimate of drug-likeness (QED) is 0.835. The van der Waals surface area contributed by atoms with Gasteiger partial charge in [-0.25, -0.2) is 0 Å². The number of anilines is 1. The van der Waals surface area contributed by atoms with Crippen LogP contribution in [0, 0.1) is 0 Å². The molecule has 1 aromatic carbocycles. The third-order valence-corrected chi connectivity index (χ3v) is 3.08. The normalized spacial score (nSPS) is 19.4. The number of aliphatic hydroxyl groups excluding tert-OH is 1. The fourth-order valence-corrected chi connectivity index (χ4v) is 2.20. The van der Waals surface area contributed by atoms with Crippen LogP contribution in [0.5, 0.6) is 5.75 Å². The number of likely N-dealkylation sites (tertiary alicyclic amines) is 1. The zero-order valence-corrected chi connectivity index (χ0v) is 11.1. The number of carbonyl (C=O) groups is 1. The summed E-state index contributed by atoms with van der Waals surface area (Å²) in [6.45, 7) is 4.11. The Morgan fingerprint density at radius 1 is 1.53 bits per heavy atom. The molecule has 1 amide bonds. The lowest BCUT2D eigenvalue weighted by Gasteiger charge is -2.16. The third kappa shape index (κ3) is 3.94. The summed E-state index contributed by atoms with van der Waals surface area (Å²) in [4.78, 5) is 13.9. The number of ether oxygens (including phenoxy) is 1. The predicted molar refractivity (Wildman–Crippen MR) is 73.3 cm³/mol. The maximum Gasteiger partial charge on any atom is 0.238 e. The highest BCUT2D eigenvalue weighted by Crippen LogP contribution is 2.23. The average Bonchev–Trinajstić information content (AvgIpc) is 2.77. The van der Waals surface area contributed by atoms with Crippen molar-refractivity contribution in [2.75, 3.05) is 31.6 Å². The van der Waals surface area contributed by atoms with Gasteiger partial charge in [0.2, 0.25) is 5.91 Å². The number of hydrogen-bond donors (Lipinski definition) is 2. The van der Waals surface area contributed by atoms with Crippen molar-refractivity contribution >= 4 is 11.6 Å². The number of rotatable bonds is 5. The minimum Gasteiger partial charge on any atom is -0.492 e. The first kappa shape index (κ1) is 13.8. The van der Waals surface area contributed by atoms with Gasteiger partial charge in [0.1, 0.15) is 5.75 Å². The summed E-state index contributed by atoms with van der Waals surface area (Å²) in [7, 11) is 0. The zero-order valence-electron chi connectivity index (χ0n) is 11.1. The monoisotopic (exact) mass is 264 g/mol. The molecule has 1 saturated heterocycles. The van der Waals surface area contributed by atoms with Gasteiger partial charge in [-0.2, -0.15) is 0 Å². The second-order valence-corrected chi connectivity index (χ2v) is 4.65. The van der Waals surface area contributed by atoms with E-state index in [0.29, 0.717) is 31.1 Å². The van der Waals surface area contributed by atoms with E-state index in [-0.39, 0.29) is 12.0 Å². The summed E-state index contributed by atoms with van der Waals surface area (Å²) < 4.78 is 5.46. The molecule has 1 aliphatic rings. The van der Waals surface area contributed by atoms with Crippen molar-refractivity contribution in [3.63, 3.8) is 0 Å². The number of carbonyl (C=O) groups excluding carboxylic acids is 1. The topological polar surface area (TPSA) is 61.8 Å². The Kier molecular flexibility index (Phi) is 4.76. The van der Waals surface area contributed by atoms with E-state index in [1.165, 1.54) is 0 Å². The molecule has 0 spiro atoms. The van der Waals surface area contributed by atoms with Crippen molar-refractivity contribution in [3.8, 4) is 5.75 Å². The van der Waals surface area contributed by atoms with Crippen molar-refractivity contribution in [1.29, 1.82) is 0 Å². The first-order valence-electron chi connectivity index (χ1n) is 6.61. The van der Waals surface area contributed by atoms with Crippen molar-refractivity contribution in [2.45, 2.75) is 19.4 Å². The average molecular weight is 264 g/mol. The lowest BCUT2D eigenvalue weighted by atomic mass is 10.3. The van der Waals surface area contributed by atoms with E-state index < -0.39 is 0 Å². The fraction of sp³-hybridized carbons (Fsp3) is 0.500. The molecule has 1 atom stereocenters. The molecule has 5 nitrogen and oxygen atoms in total. The molecule has 1 aromatic rings. The standard InChI is InChI=1S/C14H20N2O3/c1-2-19-13-6-4-3-5-12(13)15-14(18)10-16-8-7-11(17)9-16/h3-6,11,17H,2,7-10H2,1H3,(H,15,18)/t11-/m1/s1. The van der Waals surface area contributed by atoms with Gasteiger partial charge in [0.05, 0.1) is 24.9 Å². The molecule has 104 valence electrons. The SMILES string of the molecule is CCOc1ccccc1NC(=O)CN1CC[C@@H](O)C1. The number of benzene rings is 1. The molecule has 5 heteroatoms. The molecule has 1 fully saturated rings. The lowest BCUT2D eigenvalue weighted by Crippen LogP contribution is -2.32. The molecule has 0 saturated carbocycles. The minimum absolute atomic E-state index is 0.0822. The van der Waals surface area contributed by atoms with Crippen LogP contribution in [0.4, 0.5) is 5.69 Å². The summed E-state index contributed by atoms with van der Waals surface area (Å²) in [5.74, 6) is 0.598. The Morgan fingerprint density at radius 3 is 3.00 bits per heavy atom. The Labute approximate surface area is 113 Å². The number of amides is 1. The highest BCUT2D eigenvalue weighted by molar-refractivity contribution is 5.93. The van der Waals surface area contributed by atoms with Crippen LogP contribution in [0.15, 0.2) is 24.3 Å². The van der Waals surface area contributed by atoms with Crippen molar-refractivity contribution in [3.05, 3.63) is 24.3 Å². The molecule has 0 aliphatic carbocycles. The molecule has 19 heavy (non-hydrogen) atoms. The largest absolute Gasteiger partial charge is 0.492 e. The van der Waals surface area contributed by atoms with Crippen LogP contribution in [-0.2, 0) is 4.79 Å². The van der Waals surface area contributed by atoms with Gasteiger partial charge in [-0.15, -0.1) is 0 Å². The summed E-state index contributed by atoms with van der Waals surface area (Å²) in [6, 6.07) is 7.38. The Morgan fingerprint density at radius 2 is 2.32 bits per heavy atom. The van der Waals surface area contributed by atoms with Crippen LogP contribution in [0.1, 0.15) is 13.3 Å². The zero-order chi connectivity index (χ0) is 13.7. The first-order valence-corrected chi connectivity index (χ1v) is 6.61. The van der Waals surface area contributed by atoms with E-state index in [4.69, 9.17) is 4.74 Å². The molecule has 2 rings (SSSR count). The fourth-order valence-electron chi connectivity index (χ4n) is 2.20. The number of nitrogens with zero attached hydrogens (tertiary/aromatic N) is 1. The van der Waals surface area contributed by atoms with Gasteiger partial charge in [0.15, 0.2) is 0 Å². The van der Waals surface area contributed by atoms with E-state index in [0.717, 1.165) is 13.0 Å². The molecule has 0 bridgehead atoms. The molecule has 0 unspecified atom stereocenters. The second-order valence-electron chi connectivity index (χ2n) is 4.65. The molecule has 1 heterocycles. The maximum absolute atomic E-state index is 11.9. The number of hydrogen-bond acceptors (Lipinski definition) is 4. The van der Waals surface area contributed by atoms with Gasteiger partial charge in [-0.1, -0.05) is 12.1 Å². The van der Waals surface area contributed by atoms with Gasteiger partial charge >= 0.3 is 0 Å². The van der Waals surface area contributed by atoms with Crippen molar-refractivity contribution in [1.82, 2.24) is 4.90 Å². The number of β-amino-alcohol motifs (C(OH)–C–C–N with tert-alkyl or cyclic N) is 1. The van der Waals surface area contributed by atoms with Crippen LogP contribution in [0.3, 0.4) is 0 Å². The molecular weight excluding hydrogens is 244 g/mol. The van der Waals surface area contributed by atoms with E-state index in [1.807, 2.05) is 36.1 Å². The Hall–Kier alpha value is -1.59. The van der Waals surface area contributed by atoms with Crippen LogP contribution in [-0.4, -0.2) is 48.3 Å². The number of aliphatic hydroxyl groups is 1. The lowest BCUT2D eigenvalue weighted by molar-refractivity contribution is -0.117. The highest BCUT2D eigenvalue weighted by atomic mass is 16.5. The number of nitrogens with one attached hydrogen (secondary N) is 1. The van der Waals surface area contributed by atoms with E-state index in [2.05, 4.69) is 5.32 Å². The highest BCUT2D eigenvalue weighted by Gasteiger charge is 2.22. The summed E-state index contributed by atoms with van der Waals surface area (Å²) >= 11 is 0. The van der Waals surface area contributed by atoms with Crippen LogP contribution in [0.2, 0.25) is 0 Å². The summed E-state index contributed by atoms with van der Waals surface area (Å²) in [5.41, 5.74) is 0.689. The van der Waals surface area contributed by atoms with E-state index in [1.54, 1.807) is 0 Å². The molecule has 2 N–H and O–H groups in total. The van der Waals surface area contributed by atoms with Crippen molar-refractivity contribution < 1.29 is 14.6 Å². The molecular formula is C14H20N2O3. The summed E-state index contributed by atoms with van der Waals surface area (Å²) in [6.07, 6.45) is 0.437. The van der Waals surface area contributed by atoms with E-state index in [9.17, 15) is 9.90 Å². The predicted octanol–water partition coefficient (Wildman–Crippen LogP) is 1.09. The second kappa shape index (κ2) is 6.54. The van der Waals surface area contributed by atoms with Gasteiger partial charge in [-0.3, -0.25) is 9.69 Å². The Balaban J connectivity index is 1.91. The molecule has 0 aromatic heterocycles. The molecule has 1 aliphatic heterocycles. The van der Waals surface area contributed by atoms with Crippen LogP contribution >= 0.6 is 0 Å².